The third kappa shape index (κ3) is 5.51. The van der Waals surface area contributed by atoms with Gasteiger partial charge in [-0.05, 0) is 43.7 Å². The molecule has 0 aliphatic heterocycles. The average molecular weight is 432 g/mol. The summed E-state index contributed by atoms with van der Waals surface area (Å²) in [7, 11) is 1.28. The fourth-order valence-electron chi connectivity index (χ4n) is 3.12. The van der Waals surface area contributed by atoms with Crippen LogP contribution in [0.4, 0.5) is 5.69 Å². The van der Waals surface area contributed by atoms with Crippen LogP contribution < -0.4 is 10.6 Å². The Bertz CT molecular complexity index is 1150. The van der Waals surface area contributed by atoms with E-state index >= 15 is 0 Å². The number of carbonyl (C=O) groups excluding carboxylic acids is 3. The summed E-state index contributed by atoms with van der Waals surface area (Å²) in [6.07, 6.45) is 2.70. The lowest BCUT2D eigenvalue weighted by molar-refractivity contribution is -0.111. The highest BCUT2D eigenvalue weighted by Crippen LogP contribution is 2.19. The molecule has 164 valence electrons. The number of anilines is 1. The highest BCUT2D eigenvalue weighted by atomic mass is 16.5. The molecule has 7 nitrogen and oxygen atoms in total. The van der Waals surface area contributed by atoms with Crippen LogP contribution >= 0.6 is 0 Å². The van der Waals surface area contributed by atoms with Crippen LogP contribution in [0.25, 0.3) is 6.08 Å². The van der Waals surface area contributed by atoms with E-state index in [9.17, 15) is 14.4 Å². The number of nitrogens with one attached hydrogen (secondary N) is 2. The topological polar surface area (TPSA) is 97.6 Å². The van der Waals surface area contributed by atoms with Crippen molar-refractivity contribution >= 4 is 29.5 Å². The van der Waals surface area contributed by atoms with Gasteiger partial charge >= 0.3 is 5.97 Å². The molecule has 32 heavy (non-hydrogen) atoms. The van der Waals surface area contributed by atoms with Crippen molar-refractivity contribution in [2.24, 2.45) is 0 Å². The molecule has 3 rings (SSSR count). The lowest BCUT2D eigenvalue weighted by Gasteiger charge is -2.16. The molecule has 3 aromatic rings. The second-order valence-electron chi connectivity index (χ2n) is 7.08. The Morgan fingerprint density at radius 2 is 1.69 bits per heavy atom. The molecule has 0 spiro atoms. The number of esters is 1. The third-order valence-electron chi connectivity index (χ3n) is 4.82. The minimum absolute atomic E-state index is 0.196. The predicted octanol–water partition coefficient (Wildman–Crippen LogP) is 4.52. The minimum atomic E-state index is -0.514. The van der Waals surface area contributed by atoms with Crippen molar-refractivity contribution in [3.63, 3.8) is 0 Å². The smallest absolute Gasteiger partial charge is 0.341 e. The molecule has 1 aromatic heterocycles. The van der Waals surface area contributed by atoms with Crippen molar-refractivity contribution in [1.82, 2.24) is 5.32 Å². The number of hydrogen-bond acceptors (Lipinski definition) is 5. The summed E-state index contributed by atoms with van der Waals surface area (Å²) < 4.78 is 10.1. The highest BCUT2D eigenvalue weighted by molar-refractivity contribution is 6.07. The Morgan fingerprint density at radius 1 is 1.00 bits per heavy atom. The van der Waals surface area contributed by atoms with Crippen molar-refractivity contribution in [2.45, 2.75) is 19.9 Å². The Kier molecular flexibility index (Phi) is 7.23. The van der Waals surface area contributed by atoms with E-state index < -0.39 is 11.9 Å². The number of methoxy groups -OCH3 is 1. The molecule has 1 heterocycles. The molecule has 2 N–H and O–H groups in total. The van der Waals surface area contributed by atoms with Gasteiger partial charge in [-0.25, -0.2) is 4.79 Å². The number of ether oxygens (including phenoxy) is 1. The van der Waals surface area contributed by atoms with Gasteiger partial charge in [0.15, 0.2) is 0 Å². The third-order valence-corrected chi connectivity index (χ3v) is 4.82. The zero-order valence-corrected chi connectivity index (χ0v) is 18.0. The maximum absolute atomic E-state index is 12.8. The van der Waals surface area contributed by atoms with Crippen molar-refractivity contribution in [3.8, 4) is 0 Å². The van der Waals surface area contributed by atoms with Crippen LogP contribution in [-0.2, 0) is 9.53 Å². The second-order valence-corrected chi connectivity index (χ2v) is 7.08. The number of benzene rings is 2. The second kappa shape index (κ2) is 10.3. The summed E-state index contributed by atoms with van der Waals surface area (Å²) in [6, 6.07) is 17.7. The van der Waals surface area contributed by atoms with Gasteiger partial charge in [0, 0.05) is 6.08 Å². The van der Waals surface area contributed by atoms with Crippen molar-refractivity contribution in [3.05, 3.63) is 95.0 Å². The molecular weight excluding hydrogens is 408 g/mol. The first kappa shape index (κ1) is 22.6. The number of hydrogen-bond donors (Lipinski definition) is 2. The maximum atomic E-state index is 12.8. The number of aryl methyl sites for hydroxylation is 1. The monoisotopic (exact) mass is 432 g/mol. The van der Waals surface area contributed by atoms with Crippen LogP contribution in [-0.4, -0.2) is 24.9 Å². The van der Waals surface area contributed by atoms with Crippen LogP contribution in [0.15, 0.2) is 71.2 Å². The summed E-state index contributed by atoms with van der Waals surface area (Å²) in [5.74, 6) is -0.534. The summed E-state index contributed by atoms with van der Waals surface area (Å²) in [5.41, 5.74) is 2.00. The van der Waals surface area contributed by atoms with Crippen molar-refractivity contribution in [2.75, 3.05) is 12.4 Å². The zero-order valence-electron chi connectivity index (χ0n) is 18.0. The average Bonchev–Trinajstić information content (AvgIpc) is 3.18. The largest absolute Gasteiger partial charge is 0.465 e. The first-order chi connectivity index (χ1) is 15.4. The van der Waals surface area contributed by atoms with E-state index in [-0.39, 0.29) is 11.9 Å². The van der Waals surface area contributed by atoms with Gasteiger partial charge in [-0.3, -0.25) is 9.59 Å². The summed E-state index contributed by atoms with van der Waals surface area (Å²) in [5, 5.41) is 5.65. The summed E-state index contributed by atoms with van der Waals surface area (Å²) in [6.45, 7) is 3.53. The van der Waals surface area contributed by atoms with Crippen molar-refractivity contribution < 1.29 is 23.5 Å². The summed E-state index contributed by atoms with van der Waals surface area (Å²) >= 11 is 0. The van der Waals surface area contributed by atoms with Gasteiger partial charge in [-0.15, -0.1) is 0 Å². The highest BCUT2D eigenvalue weighted by Gasteiger charge is 2.16. The number of carbonyl (C=O) groups is 3. The molecule has 0 bridgehead atoms. The maximum Gasteiger partial charge on any atom is 0.341 e. The molecule has 0 saturated heterocycles. The Hall–Kier alpha value is -4.13. The van der Waals surface area contributed by atoms with Crippen LogP contribution in [0, 0.1) is 6.92 Å². The molecule has 0 fully saturated rings. The molecule has 1 unspecified atom stereocenters. The lowest BCUT2D eigenvalue weighted by Crippen LogP contribution is -2.27. The van der Waals surface area contributed by atoms with Gasteiger partial charge in [-0.1, -0.05) is 42.5 Å². The molecule has 0 radical (unpaired) electrons. The van der Waals surface area contributed by atoms with Crippen LogP contribution in [0.3, 0.4) is 0 Å². The number of rotatable bonds is 7. The van der Waals surface area contributed by atoms with Gasteiger partial charge in [0.1, 0.15) is 17.1 Å². The van der Waals surface area contributed by atoms with Gasteiger partial charge < -0.3 is 19.8 Å². The van der Waals surface area contributed by atoms with E-state index in [0.717, 1.165) is 5.56 Å². The first-order valence-electron chi connectivity index (χ1n) is 10.0. The SMILES string of the molecule is COC(=O)c1cc(/C=C/C(=O)Nc2ccccc2C(=O)NC(C)c2ccccc2)oc1C. The standard InChI is InChI=1S/C25H24N2O5/c1-16(18-9-5-4-6-10-18)26-24(29)20-11-7-8-12-22(20)27-23(28)14-13-19-15-21(17(2)32-19)25(30)31-3/h4-16H,1-3H3,(H,26,29)(H,27,28)/b14-13+. The minimum Gasteiger partial charge on any atom is -0.465 e. The van der Waals surface area contributed by atoms with E-state index in [1.54, 1.807) is 31.2 Å². The molecule has 1 atom stereocenters. The quantitative estimate of drug-likeness (QED) is 0.423. The molecular formula is C25H24N2O5. The molecule has 0 saturated carbocycles. The summed E-state index contributed by atoms with van der Waals surface area (Å²) in [4.78, 5) is 36.9. The van der Waals surface area contributed by atoms with E-state index in [2.05, 4.69) is 15.4 Å². The fraction of sp³-hybridized carbons (Fsp3) is 0.160. The normalized spacial score (nSPS) is 11.7. The van der Waals surface area contributed by atoms with E-state index in [0.29, 0.717) is 28.3 Å². The van der Waals surface area contributed by atoms with Crippen molar-refractivity contribution in [1.29, 1.82) is 0 Å². The predicted molar refractivity (Wildman–Crippen MR) is 121 cm³/mol. The Balaban J connectivity index is 1.69. The Labute approximate surface area is 186 Å². The van der Waals surface area contributed by atoms with Crippen LogP contribution in [0.5, 0.6) is 0 Å². The van der Waals surface area contributed by atoms with E-state index in [1.807, 2.05) is 37.3 Å². The first-order valence-corrected chi connectivity index (χ1v) is 10.0. The van der Waals surface area contributed by atoms with Gasteiger partial charge in [0.2, 0.25) is 5.91 Å². The Morgan fingerprint density at radius 3 is 2.41 bits per heavy atom. The van der Waals surface area contributed by atoms with E-state index in [4.69, 9.17) is 4.42 Å². The van der Waals surface area contributed by atoms with Crippen LogP contribution in [0.1, 0.15) is 50.8 Å². The van der Waals surface area contributed by atoms with Gasteiger partial charge in [-0.2, -0.15) is 0 Å². The lowest BCUT2D eigenvalue weighted by atomic mass is 10.1. The fourth-order valence-corrected chi connectivity index (χ4v) is 3.12. The molecule has 2 amide bonds. The number of amides is 2. The number of para-hydroxylation sites is 1. The van der Waals surface area contributed by atoms with Crippen LogP contribution in [0.2, 0.25) is 0 Å². The zero-order chi connectivity index (χ0) is 23.1. The molecule has 2 aromatic carbocycles. The van der Waals surface area contributed by atoms with E-state index in [1.165, 1.54) is 25.3 Å². The molecule has 7 heteroatoms. The number of furan rings is 1. The van der Waals surface area contributed by atoms with Gasteiger partial charge in [0.05, 0.1) is 24.4 Å². The van der Waals surface area contributed by atoms with Gasteiger partial charge in [0.25, 0.3) is 5.91 Å². The molecule has 0 aliphatic rings. The molecule has 0 aliphatic carbocycles.